The predicted molar refractivity (Wildman–Crippen MR) is 113 cm³/mol. The van der Waals surface area contributed by atoms with Crippen LogP contribution in [-0.4, -0.2) is 26.4 Å². The lowest BCUT2D eigenvalue weighted by Gasteiger charge is -2.22. The Morgan fingerprint density at radius 3 is 1.83 bits per heavy atom. The third-order valence-corrected chi connectivity index (χ3v) is 4.85. The largest absolute Gasteiger partial charge is 0.384 e. The van der Waals surface area contributed by atoms with Crippen molar-refractivity contribution in [2.45, 2.75) is 13.1 Å². The predicted octanol–water partition coefficient (Wildman–Crippen LogP) is 1.55. The summed E-state index contributed by atoms with van der Waals surface area (Å²) in [5, 5.41) is 0. The van der Waals surface area contributed by atoms with Crippen LogP contribution in [0.4, 0.5) is 5.82 Å². The summed E-state index contributed by atoms with van der Waals surface area (Å²) in [5.74, 6) is -0.520. The lowest BCUT2D eigenvalue weighted by atomic mass is 10.1. The van der Waals surface area contributed by atoms with Crippen molar-refractivity contribution in [3.8, 4) is 0 Å². The van der Waals surface area contributed by atoms with E-state index in [9.17, 15) is 14.4 Å². The zero-order chi connectivity index (χ0) is 21.0. The van der Waals surface area contributed by atoms with Crippen LogP contribution >= 0.6 is 0 Å². The van der Waals surface area contributed by atoms with E-state index in [1.54, 1.807) is 0 Å². The third-order valence-electron chi connectivity index (χ3n) is 4.85. The van der Waals surface area contributed by atoms with Crippen LogP contribution in [-0.2, 0) is 27.2 Å². The first-order valence-corrected chi connectivity index (χ1v) is 9.27. The topological polar surface area (TPSA) is 90.3 Å². The zero-order valence-corrected chi connectivity index (χ0v) is 16.5. The number of rotatable bonds is 7. The highest BCUT2D eigenvalue weighted by molar-refractivity contribution is 6.01. The van der Waals surface area contributed by atoms with Crippen LogP contribution < -0.4 is 17.0 Å². The van der Waals surface area contributed by atoms with Gasteiger partial charge in [0.2, 0.25) is 0 Å². The molecule has 0 bridgehead atoms. The Hall–Kier alpha value is -3.45. The van der Waals surface area contributed by atoms with Gasteiger partial charge in [0.1, 0.15) is 11.4 Å². The molecule has 3 rings (SSSR count). The Labute approximate surface area is 168 Å². The number of anilines is 1. The lowest BCUT2D eigenvalue weighted by Crippen LogP contribution is -2.43. The minimum Gasteiger partial charge on any atom is -0.384 e. The molecule has 29 heavy (non-hydrogen) atoms. The summed E-state index contributed by atoms with van der Waals surface area (Å²) < 4.78 is 2.02. The van der Waals surface area contributed by atoms with Gasteiger partial charge in [0.15, 0.2) is 5.78 Å². The fraction of sp³-hybridized carbons (Fsp3) is 0.227. The molecule has 1 heterocycles. The highest BCUT2D eigenvalue weighted by atomic mass is 16.2. The summed E-state index contributed by atoms with van der Waals surface area (Å²) in [6.45, 7) is 1.07. The maximum atomic E-state index is 13.0. The zero-order valence-electron chi connectivity index (χ0n) is 16.5. The van der Waals surface area contributed by atoms with E-state index in [0.717, 1.165) is 20.3 Å². The number of hydrogen-bond donors (Lipinski definition) is 1. The summed E-state index contributed by atoms with van der Waals surface area (Å²) >= 11 is 0. The standard InChI is InChI=1S/C22H24N4O3/c1-24-20(23)19(21(28)25(2)22(24)29)18(27)15-26(13-16-9-5-3-6-10-16)14-17-11-7-4-8-12-17/h3-12H,13-15,23H2,1-2H3. The minimum absolute atomic E-state index is 0.00142. The van der Waals surface area contributed by atoms with Crippen molar-refractivity contribution < 1.29 is 4.79 Å². The number of aromatic nitrogens is 2. The van der Waals surface area contributed by atoms with Gasteiger partial charge in [-0.25, -0.2) is 4.79 Å². The van der Waals surface area contributed by atoms with E-state index in [0.29, 0.717) is 13.1 Å². The summed E-state index contributed by atoms with van der Waals surface area (Å²) in [4.78, 5) is 39.5. The normalized spacial score (nSPS) is 11.0. The van der Waals surface area contributed by atoms with Crippen molar-refractivity contribution in [3.05, 3.63) is 98.2 Å². The molecule has 3 aromatic rings. The Balaban J connectivity index is 1.92. The van der Waals surface area contributed by atoms with Crippen LogP contribution in [0.15, 0.2) is 70.3 Å². The molecule has 0 saturated heterocycles. The molecule has 0 unspecified atom stereocenters. The molecule has 150 valence electrons. The summed E-state index contributed by atoms with van der Waals surface area (Å²) in [6.07, 6.45) is 0. The quantitative estimate of drug-likeness (QED) is 0.616. The smallest absolute Gasteiger partial charge is 0.332 e. The molecule has 2 aromatic carbocycles. The lowest BCUT2D eigenvalue weighted by molar-refractivity contribution is 0.0918. The highest BCUT2D eigenvalue weighted by Crippen LogP contribution is 2.12. The van der Waals surface area contributed by atoms with Crippen LogP contribution in [0.1, 0.15) is 21.5 Å². The number of nitrogens with two attached hydrogens (primary N) is 1. The number of carbonyl (C=O) groups excluding carboxylic acids is 1. The molecular weight excluding hydrogens is 368 g/mol. The maximum absolute atomic E-state index is 13.0. The van der Waals surface area contributed by atoms with Crippen LogP contribution in [0.3, 0.4) is 0 Å². The van der Waals surface area contributed by atoms with Gasteiger partial charge in [-0.1, -0.05) is 60.7 Å². The Morgan fingerprint density at radius 1 is 0.862 bits per heavy atom. The van der Waals surface area contributed by atoms with Crippen LogP contribution in [0.5, 0.6) is 0 Å². The van der Waals surface area contributed by atoms with Gasteiger partial charge in [-0.15, -0.1) is 0 Å². The van der Waals surface area contributed by atoms with E-state index in [1.165, 1.54) is 14.1 Å². The maximum Gasteiger partial charge on any atom is 0.332 e. The first-order valence-electron chi connectivity index (χ1n) is 9.27. The molecule has 0 saturated carbocycles. The molecule has 2 N–H and O–H groups in total. The minimum atomic E-state index is -0.671. The first kappa shape index (κ1) is 20.3. The van der Waals surface area contributed by atoms with E-state index in [2.05, 4.69) is 0 Å². The van der Waals surface area contributed by atoms with Gasteiger partial charge in [0, 0.05) is 27.2 Å². The van der Waals surface area contributed by atoms with Gasteiger partial charge in [0.25, 0.3) is 5.56 Å². The highest BCUT2D eigenvalue weighted by Gasteiger charge is 2.22. The second kappa shape index (κ2) is 8.70. The van der Waals surface area contributed by atoms with Gasteiger partial charge in [-0.3, -0.25) is 23.6 Å². The second-order valence-corrected chi connectivity index (χ2v) is 7.01. The molecule has 0 spiro atoms. The number of nitrogen functional groups attached to an aromatic ring is 1. The van der Waals surface area contributed by atoms with Crippen LogP contribution in [0.25, 0.3) is 0 Å². The van der Waals surface area contributed by atoms with Gasteiger partial charge in [-0.05, 0) is 11.1 Å². The third kappa shape index (κ3) is 4.52. The summed E-state index contributed by atoms with van der Waals surface area (Å²) in [6, 6.07) is 19.6. The number of benzene rings is 2. The molecule has 7 nitrogen and oxygen atoms in total. The van der Waals surface area contributed by atoms with Crippen molar-refractivity contribution in [2.24, 2.45) is 14.1 Å². The molecule has 1 aromatic heterocycles. The molecule has 0 radical (unpaired) electrons. The van der Waals surface area contributed by atoms with Crippen molar-refractivity contribution in [1.29, 1.82) is 0 Å². The van der Waals surface area contributed by atoms with Gasteiger partial charge < -0.3 is 5.73 Å². The Bertz CT molecular complexity index is 1080. The second-order valence-electron chi connectivity index (χ2n) is 7.01. The van der Waals surface area contributed by atoms with Crippen molar-refractivity contribution in [1.82, 2.24) is 14.0 Å². The molecule has 0 amide bonds. The fourth-order valence-corrected chi connectivity index (χ4v) is 3.26. The van der Waals surface area contributed by atoms with E-state index < -0.39 is 17.0 Å². The number of nitrogens with zero attached hydrogens (tertiary/aromatic N) is 3. The van der Waals surface area contributed by atoms with E-state index in [-0.39, 0.29) is 17.9 Å². The van der Waals surface area contributed by atoms with E-state index in [1.807, 2.05) is 65.6 Å². The Kier molecular flexibility index (Phi) is 6.09. The first-order chi connectivity index (χ1) is 13.9. The van der Waals surface area contributed by atoms with Gasteiger partial charge >= 0.3 is 5.69 Å². The molecule has 0 aliphatic heterocycles. The van der Waals surface area contributed by atoms with Crippen molar-refractivity contribution in [3.63, 3.8) is 0 Å². The number of Topliss-reactive ketones (excluding diaryl/α,β-unsaturated/α-hetero) is 1. The van der Waals surface area contributed by atoms with E-state index >= 15 is 0 Å². The molecule has 7 heteroatoms. The molecule has 0 atom stereocenters. The number of carbonyl (C=O) groups is 1. The number of ketones is 1. The van der Waals surface area contributed by atoms with Crippen LogP contribution in [0.2, 0.25) is 0 Å². The van der Waals surface area contributed by atoms with Gasteiger partial charge in [-0.2, -0.15) is 0 Å². The van der Waals surface area contributed by atoms with Gasteiger partial charge in [0.05, 0.1) is 6.54 Å². The summed E-state index contributed by atoms with van der Waals surface area (Å²) in [7, 11) is 2.78. The molecule has 0 fully saturated rings. The average molecular weight is 392 g/mol. The Morgan fingerprint density at radius 2 is 1.34 bits per heavy atom. The fourth-order valence-electron chi connectivity index (χ4n) is 3.26. The molecular formula is C22H24N4O3. The molecule has 0 aliphatic carbocycles. The van der Waals surface area contributed by atoms with E-state index in [4.69, 9.17) is 5.73 Å². The monoisotopic (exact) mass is 392 g/mol. The van der Waals surface area contributed by atoms with Crippen molar-refractivity contribution >= 4 is 11.6 Å². The molecule has 0 aliphatic rings. The van der Waals surface area contributed by atoms with Crippen LogP contribution in [0, 0.1) is 0 Å². The SMILES string of the molecule is Cn1c(N)c(C(=O)CN(Cc2ccccc2)Cc2ccccc2)c(=O)n(C)c1=O. The average Bonchev–Trinajstić information content (AvgIpc) is 2.72. The summed E-state index contributed by atoms with van der Waals surface area (Å²) in [5.41, 5.74) is 6.67. The number of hydrogen-bond acceptors (Lipinski definition) is 5. The van der Waals surface area contributed by atoms with Crippen molar-refractivity contribution in [2.75, 3.05) is 12.3 Å².